The molecule has 0 amide bonds. The van der Waals surface area contributed by atoms with Gasteiger partial charge in [-0.05, 0) is 11.1 Å². The quantitative estimate of drug-likeness (QED) is 0.535. The van der Waals surface area contributed by atoms with Crippen molar-refractivity contribution in [2.75, 3.05) is 0 Å². The molecular formula is C18H12O5. The summed E-state index contributed by atoms with van der Waals surface area (Å²) in [6, 6.07) is 16.6. The predicted molar refractivity (Wildman–Crippen MR) is 81.3 cm³/mol. The van der Waals surface area contributed by atoms with Crippen molar-refractivity contribution in [3.8, 4) is 0 Å². The van der Waals surface area contributed by atoms with Gasteiger partial charge >= 0.3 is 11.9 Å². The Hall–Kier alpha value is -3.21. The molecule has 0 radical (unpaired) electrons. The number of carboxylic acids is 1. The number of allylic oxidation sites excluding steroid dienone is 1. The lowest BCUT2D eigenvalue weighted by molar-refractivity contribution is -0.136. The number of hydrogen-bond acceptors (Lipinski definition) is 4. The number of carbonyl (C=O) groups is 3. The maximum atomic E-state index is 12.6. The fourth-order valence-corrected chi connectivity index (χ4v) is 2.51. The van der Waals surface area contributed by atoms with Crippen LogP contribution in [0, 0.1) is 0 Å². The molecule has 1 fully saturated rings. The number of ketones is 1. The zero-order valence-corrected chi connectivity index (χ0v) is 11.9. The third-order valence-electron chi connectivity index (χ3n) is 3.56. The van der Waals surface area contributed by atoms with Crippen LogP contribution in [0.15, 0.2) is 66.4 Å². The number of aliphatic carboxylic acids is 1. The molecule has 5 heteroatoms. The summed E-state index contributed by atoms with van der Waals surface area (Å²) >= 11 is 0. The number of rotatable bonds is 3. The number of benzene rings is 2. The van der Waals surface area contributed by atoms with E-state index < -0.39 is 29.4 Å². The molecule has 0 saturated carbocycles. The van der Waals surface area contributed by atoms with Crippen molar-refractivity contribution in [3.63, 3.8) is 0 Å². The summed E-state index contributed by atoms with van der Waals surface area (Å²) in [5, 5.41) is 9.45. The summed E-state index contributed by atoms with van der Waals surface area (Å²) in [5.74, 6) is -4.25. The molecule has 0 bridgehead atoms. The van der Waals surface area contributed by atoms with Crippen molar-refractivity contribution in [1.29, 1.82) is 0 Å². The van der Waals surface area contributed by atoms with Gasteiger partial charge in [0.15, 0.2) is 5.76 Å². The van der Waals surface area contributed by atoms with E-state index in [9.17, 15) is 19.5 Å². The second-order valence-electron chi connectivity index (χ2n) is 5.00. The molecule has 1 atom stereocenters. The van der Waals surface area contributed by atoms with Crippen LogP contribution in [0.3, 0.4) is 0 Å². The first-order chi connectivity index (χ1) is 11.1. The summed E-state index contributed by atoms with van der Waals surface area (Å²) < 4.78 is 5.03. The van der Waals surface area contributed by atoms with Crippen LogP contribution in [0.25, 0.3) is 5.57 Å². The minimum atomic E-state index is -1.32. The van der Waals surface area contributed by atoms with Crippen LogP contribution in [0.1, 0.15) is 17.0 Å². The Morgan fingerprint density at radius 2 is 1.48 bits per heavy atom. The number of esters is 1. The minimum Gasteiger partial charge on any atom is -0.478 e. The Balaban J connectivity index is 2.11. The van der Waals surface area contributed by atoms with Crippen molar-refractivity contribution < 1.29 is 24.2 Å². The molecule has 0 aromatic heterocycles. The van der Waals surface area contributed by atoms with Gasteiger partial charge in [-0.3, -0.25) is 9.59 Å². The van der Waals surface area contributed by atoms with E-state index in [0.717, 1.165) is 0 Å². The van der Waals surface area contributed by atoms with Crippen LogP contribution in [-0.2, 0) is 19.1 Å². The van der Waals surface area contributed by atoms with E-state index in [1.165, 1.54) is 0 Å². The second kappa shape index (κ2) is 5.88. The highest BCUT2D eigenvalue weighted by atomic mass is 16.6. The molecule has 3 rings (SSSR count). The molecule has 1 aliphatic rings. The van der Waals surface area contributed by atoms with Gasteiger partial charge in [-0.1, -0.05) is 60.7 Å². The minimum absolute atomic E-state index is 0.303. The average Bonchev–Trinajstić information content (AvgIpc) is 2.84. The van der Waals surface area contributed by atoms with Crippen LogP contribution < -0.4 is 0 Å². The number of carbonyl (C=O) groups excluding carboxylic acids is 2. The largest absolute Gasteiger partial charge is 0.478 e. The number of hydrogen-bond donors (Lipinski definition) is 1. The van der Waals surface area contributed by atoms with E-state index in [0.29, 0.717) is 11.1 Å². The van der Waals surface area contributed by atoms with E-state index in [2.05, 4.69) is 0 Å². The lowest BCUT2D eigenvalue weighted by Gasteiger charge is -2.05. The zero-order valence-electron chi connectivity index (χ0n) is 11.9. The highest BCUT2D eigenvalue weighted by molar-refractivity contribution is 6.28. The van der Waals surface area contributed by atoms with Crippen LogP contribution in [0.5, 0.6) is 0 Å². The van der Waals surface area contributed by atoms with Crippen molar-refractivity contribution in [2.24, 2.45) is 0 Å². The Morgan fingerprint density at radius 1 is 0.913 bits per heavy atom. The maximum Gasteiger partial charge on any atom is 0.340 e. The fraction of sp³-hybridized carbons (Fsp3) is 0.0556. The Kier molecular flexibility index (Phi) is 3.76. The van der Waals surface area contributed by atoms with Gasteiger partial charge in [0, 0.05) is 0 Å². The summed E-state index contributed by atoms with van der Waals surface area (Å²) in [6.07, 6.45) is 0. The summed E-state index contributed by atoms with van der Waals surface area (Å²) in [5.41, 5.74) is 0.488. The van der Waals surface area contributed by atoms with Gasteiger partial charge in [0.2, 0.25) is 5.78 Å². The van der Waals surface area contributed by atoms with Crippen molar-refractivity contribution in [1.82, 2.24) is 0 Å². The first-order valence-electron chi connectivity index (χ1n) is 6.93. The molecule has 114 valence electrons. The molecule has 2 aromatic rings. The average molecular weight is 308 g/mol. The van der Waals surface area contributed by atoms with E-state index >= 15 is 0 Å². The van der Waals surface area contributed by atoms with E-state index in [4.69, 9.17) is 4.74 Å². The highest BCUT2D eigenvalue weighted by Gasteiger charge is 2.44. The smallest absolute Gasteiger partial charge is 0.340 e. The van der Waals surface area contributed by atoms with Crippen LogP contribution in [-0.4, -0.2) is 22.8 Å². The lowest BCUT2D eigenvalue weighted by Crippen LogP contribution is -2.13. The number of cyclic esters (lactones) is 1. The number of Topliss-reactive ketones (excluding diaryl/α,β-unsaturated/α-hetero) is 1. The first-order valence-corrected chi connectivity index (χ1v) is 6.93. The molecule has 2 aromatic carbocycles. The molecule has 1 N–H and O–H groups in total. The number of carboxylic acid groups (broad SMARTS) is 1. The van der Waals surface area contributed by atoms with Gasteiger partial charge in [0.1, 0.15) is 11.5 Å². The van der Waals surface area contributed by atoms with Crippen LogP contribution in [0.2, 0.25) is 0 Å². The third-order valence-corrected chi connectivity index (χ3v) is 3.56. The molecular weight excluding hydrogens is 296 g/mol. The normalized spacial score (nSPS) is 19.4. The second-order valence-corrected chi connectivity index (χ2v) is 5.00. The van der Waals surface area contributed by atoms with E-state index in [1.54, 1.807) is 60.7 Å². The van der Waals surface area contributed by atoms with Gasteiger partial charge in [0.25, 0.3) is 0 Å². The van der Waals surface area contributed by atoms with Gasteiger partial charge in [0.05, 0.1) is 0 Å². The first kappa shape index (κ1) is 14.7. The van der Waals surface area contributed by atoms with E-state index in [-0.39, 0.29) is 5.57 Å². The van der Waals surface area contributed by atoms with Gasteiger partial charge in [-0.25, -0.2) is 4.79 Å². The monoisotopic (exact) mass is 308 g/mol. The van der Waals surface area contributed by atoms with E-state index in [1.807, 2.05) is 0 Å². The SMILES string of the molecule is O=C(O)/C(=C1/OC(=O)C(c2ccccc2)C1=O)c1ccccc1. The van der Waals surface area contributed by atoms with Gasteiger partial charge in [-0.2, -0.15) is 0 Å². The molecule has 5 nitrogen and oxygen atoms in total. The fourth-order valence-electron chi connectivity index (χ4n) is 2.51. The summed E-state index contributed by atoms with van der Waals surface area (Å²) in [6.45, 7) is 0. The lowest BCUT2D eigenvalue weighted by atomic mass is 9.93. The summed E-state index contributed by atoms with van der Waals surface area (Å²) in [7, 11) is 0. The Labute approximate surface area is 131 Å². The van der Waals surface area contributed by atoms with Crippen molar-refractivity contribution >= 4 is 23.3 Å². The molecule has 1 unspecified atom stereocenters. The zero-order chi connectivity index (χ0) is 16.4. The topological polar surface area (TPSA) is 80.7 Å². The highest BCUT2D eigenvalue weighted by Crippen LogP contribution is 2.34. The molecule has 1 aliphatic heterocycles. The van der Waals surface area contributed by atoms with Crippen molar-refractivity contribution in [2.45, 2.75) is 5.92 Å². The third kappa shape index (κ3) is 2.64. The van der Waals surface area contributed by atoms with Crippen LogP contribution in [0.4, 0.5) is 0 Å². The van der Waals surface area contributed by atoms with Crippen LogP contribution >= 0.6 is 0 Å². The molecule has 0 aliphatic carbocycles. The molecule has 1 saturated heterocycles. The molecule has 23 heavy (non-hydrogen) atoms. The predicted octanol–water partition coefficient (Wildman–Crippen LogP) is 2.39. The molecule has 1 heterocycles. The molecule has 0 spiro atoms. The standard InChI is InChI=1S/C18H12O5/c19-15-13(11-7-3-1-4-8-11)18(22)23-16(15)14(17(20)21)12-9-5-2-6-10-12/h1-10,13H,(H,20,21)/b16-14+. The Bertz CT molecular complexity index is 806. The number of ether oxygens (including phenoxy) is 1. The Morgan fingerprint density at radius 3 is 2.04 bits per heavy atom. The van der Waals surface area contributed by atoms with Crippen molar-refractivity contribution in [3.05, 3.63) is 77.5 Å². The summed E-state index contributed by atoms with van der Waals surface area (Å²) in [4.78, 5) is 36.2. The maximum absolute atomic E-state index is 12.6. The van der Waals surface area contributed by atoms with Gasteiger partial charge < -0.3 is 9.84 Å². The van der Waals surface area contributed by atoms with Gasteiger partial charge in [-0.15, -0.1) is 0 Å².